The predicted octanol–water partition coefficient (Wildman–Crippen LogP) is 2.00. The summed E-state index contributed by atoms with van der Waals surface area (Å²) in [5.41, 5.74) is 1.54. The molecular formula is C10H5Br2N5O. The Hall–Kier alpha value is -1.54. The monoisotopic (exact) mass is 369 g/mol. The SMILES string of the molecule is O=c1[nH]nc(-c2ccncc2)c2nc(Br)c(Br)n12. The van der Waals surface area contributed by atoms with Crippen LogP contribution in [-0.2, 0) is 0 Å². The van der Waals surface area contributed by atoms with Gasteiger partial charge in [-0.3, -0.25) is 4.98 Å². The molecule has 0 radical (unpaired) electrons. The van der Waals surface area contributed by atoms with Crippen LogP contribution in [0.5, 0.6) is 0 Å². The fraction of sp³-hybridized carbons (Fsp3) is 0. The Morgan fingerprint density at radius 3 is 2.67 bits per heavy atom. The summed E-state index contributed by atoms with van der Waals surface area (Å²) in [5.74, 6) is 0. The zero-order chi connectivity index (χ0) is 12.7. The van der Waals surface area contributed by atoms with Gasteiger partial charge in [-0.05, 0) is 44.0 Å². The van der Waals surface area contributed by atoms with E-state index in [4.69, 9.17) is 0 Å². The number of aromatic nitrogens is 5. The summed E-state index contributed by atoms with van der Waals surface area (Å²) in [4.78, 5) is 20.0. The average Bonchev–Trinajstić information content (AvgIpc) is 2.68. The first-order valence-electron chi connectivity index (χ1n) is 4.91. The second-order valence-electron chi connectivity index (χ2n) is 3.47. The van der Waals surface area contributed by atoms with Gasteiger partial charge in [-0.15, -0.1) is 0 Å². The summed E-state index contributed by atoms with van der Waals surface area (Å²) in [6, 6.07) is 3.61. The second kappa shape index (κ2) is 4.29. The zero-order valence-corrected chi connectivity index (χ0v) is 11.9. The summed E-state index contributed by atoms with van der Waals surface area (Å²) >= 11 is 6.58. The molecule has 3 rings (SSSR count). The van der Waals surface area contributed by atoms with Crippen LogP contribution < -0.4 is 5.69 Å². The maximum Gasteiger partial charge on any atom is 0.348 e. The van der Waals surface area contributed by atoms with Gasteiger partial charge in [-0.2, -0.15) is 5.10 Å². The molecule has 0 saturated carbocycles. The van der Waals surface area contributed by atoms with Crippen molar-refractivity contribution in [2.24, 2.45) is 0 Å². The molecule has 6 nitrogen and oxygen atoms in total. The maximum atomic E-state index is 11.7. The summed E-state index contributed by atoms with van der Waals surface area (Å²) < 4.78 is 2.51. The molecule has 8 heteroatoms. The van der Waals surface area contributed by atoms with E-state index in [1.165, 1.54) is 4.40 Å². The minimum Gasteiger partial charge on any atom is -0.265 e. The van der Waals surface area contributed by atoms with Crippen molar-refractivity contribution in [2.75, 3.05) is 0 Å². The zero-order valence-electron chi connectivity index (χ0n) is 8.76. The van der Waals surface area contributed by atoms with Gasteiger partial charge in [-0.1, -0.05) is 0 Å². The van der Waals surface area contributed by atoms with Gasteiger partial charge in [0.1, 0.15) is 14.9 Å². The molecule has 0 spiro atoms. The van der Waals surface area contributed by atoms with E-state index >= 15 is 0 Å². The molecule has 0 saturated heterocycles. The van der Waals surface area contributed by atoms with E-state index in [1.807, 2.05) is 0 Å². The quantitative estimate of drug-likeness (QED) is 0.710. The fourth-order valence-electron chi connectivity index (χ4n) is 1.63. The molecule has 0 aliphatic rings. The molecule has 90 valence electrons. The van der Waals surface area contributed by atoms with Crippen LogP contribution in [0.3, 0.4) is 0 Å². The van der Waals surface area contributed by atoms with E-state index in [9.17, 15) is 4.79 Å². The summed E-state index contributed by atoms with van der Waals surface area (Å²) in [5, 5.41) is 6.48. The smallest absolute Gasteiger partial charge is 0.265 e. The highest BCUT2D eigenvalue weighted by Crippen LogP contribution is 2.26. The highest BCUT2D eigenvalue weighted by molar-refractivity contribution is 9.13. The first kappa shape index (κ1) is 11.5. The molecule has 0 bridgehead atoms. The third-order valence-corrected chi connectivity index (χ3v) is 4.23. The molecule has 0 fully saturated rings. The van der Waals surface area contributed by atoms with Gasteiger partial charge in [0, 0.05) is 18.0 Å². The van der Waals surface area contributed by atoms with Gasteiger partial charge in [0.25, 0.3) is 0 Å². The van der Waals surface area contributed by atoms with E-state index in [0.29, 0.717) is 20.5 Å². The van der Waals surface area contributed by atoms with Crippen LogP contribution in [0.2, 0.25) is 0 Å². The van der Waals surface area contributed by atoms with Crippen molar-refractivity contribution in [2.45, 2.75) is 0 Å². The van der Waals surface area contributed by atoms with Crippen molar-refractivity contribution < 1.29 is 0 Å². The first-order valence-corrected chi connectivity index (χ1v) is 6.49. The fourth-order valence-corrected chi connectivity index (χ4v) is 2.39. The predicted molar refractivity (Wildman–Crippen MR) is 72.2 cm³/mol. The lowest BCUT2D eigenvalue weighted by Crippen LogP contribution is -2.18. The third-order valence-electron chi connectivity index (χ3n) is 2.41. The Balaban J connectivity index is 2.43. The van der Waals surface area contributed by atoms with Gasteiger partial charge in [0.05, 0.1) is 0 Å². The number of rotatable bonds is 1. The van der Waals surface area contributed by atoms with Gasteiger partial charge >= 0.3 is 5.69 Å². The third kappa shape index (κ3) is 1.68. The van der Waals surface area contributed by atoms with E-state index in [2.05, 4.69) is 52.0 Å². The Bertz CT molecular complexity index is 780. The Morgan fingerprint density at radius 1 is 1.22 bits per heavy atom. The number of hydrogen-bond donors (Lipinski definition) is 1. The van der Waals surface area contributed by atoms with Crippen molar-refractivity contribution in [3.05, 3.63) is 44.2 Å². The number of nitrogens with zero attached hydrogens (tertiary/aromatic N) is 4. The molecule has 3 heterocycles. The van der Waals surface area contributed by atoms with E-state index in [1.54, 1.807) is 24.5 Å². The lowest BCUT2D eigenvalue weighted by Gasteiger charge is -2.01. The number of halogens is 2. The van der Waals surface area contributed by atoms with E-state index < -0.39 is 0 Å². The second-order valence-corrected chi connectivity index (χ2v) is 4.97. The minimum atomic E-state index is -0.354. The molecule has 3 aromatic rings. The molecule has 0 atom stereocenters. The molecular weight excluding hydrogens is 366 g/mol. The number of aromatic amines is 1. The van der Waals surface area contributed by atoms with Crippen LogP contribution in [0.25, 0.3) is 16.9 Å². The Kier molecular flexibility index (Phi) is 2.75. The van der Waals surface area contributed by atoms with Crippen LogP contribution in [0.1, 0.15) is 0 Å². The van der Waals surface area contributed by atoms with Gasteiger partial charge in [0.15, 0.2) is 5.65 Å². The number of hydrogen-bond acceptors (Lipinski definition) is 4. The standard InChI is InChI=1S/C10H5Br2N5O/c11-7-8(12)17-9(14-7)6(15-16-10(17)18)5-1-3-13-4-2-5/h1-4H,(H,16,18). The van der Waals surface area contributed by atoms with Gasteiger partial charge in [-0.25, -0.2) is 19.3 Å². The van der Waals surface area contributed by atoms with Crippen LogP contribution in [0, 0.1) is 0 Å². The molecule has 0 aromatic carbocycles. The number of imidazole rings is 1. The van der Waals surface area contributed by atoms with Gasteiger partial charge < -0.3 is 0 Å². The van der Waals surface area contributed by atoms with Crippen molar-refractivity contribution in [3.8, 4) is 11.3 Å². The molecule has 0 amide bonds. The Morgan fingerprint density at radius 2 is 1.94 bits per heavy atom. The number of nitrogens with one attached hydrogen (secondary N) is 1. The van der Waals surface area contributed by atoms with Crippen molar-refractivity contribution in [1.82, 2.24) is 24.6 Å². The lowest BCUT2D eigenvalue weighted by atomic mass is 10.2. The normalized spacial score (nSPS) is 11.0. The van der Waals surface area contributed by atoms with Crippen molar-refractivity contribution >= 4 is 37.5 Å². The summed E-state index contributed by atoms with van der Waals surface area (Å²) in [6.45, 7) is 0. The summed E-state index contributed by atoms with van der Waals surface area (Å²) in [7, 11) is 0. The van der Waals surface area contributed by atoms with Crippen LogP contribution in [0.15, 0.2) is 38.5 Å². The van der Waals surface area contributed by atoms with E-state index in [0.717, 1.165) is 5.56 Å². The van der Waals surface area contributed by atoms with E-state index in [-0.39, 0.29) is 5.69 Å². The van der Waals surface area contributed by atoms with Crippen molar-refractivity contribution in [1.29, 1.82) is 0 Å². The molecule has 1 N–H and O–H groups in total. The van der Waals surface area contributed by atoms with Crippen LogP contribution in [-0.4, -0.2) is 24.6 Å². The minimum absolute atomic E-state index is 0.354. The largest absolute Gasteiger partial charge is 0.348 e. The number of fused-ring (bicyclic) bond motifs is 1. The van der Waals surface area contributed by atoms with Crippen LogP contribution in [0.4, 0.5) is 0 Å². The summed E-state index contributed by atoms with van der Waals surface area (Å²) in [6.07, 6.45) is 3.32. The topological polar surface area (TPSA) is 75.9 Å². The lowest BCUT2D eigenvalue weighted by molar-refractivity contribution is 0.881. The highest BCUT2D eigenvalue weighted by atomic mass is 79.9. The Labute approximate surface area is 117 Å². The molecule has 0 aliphatic carbocycles. The molecule has 0 aliphatic heterocycles. The molecule has 18 heavy (non-hydrogen) atoms. The van der Waals surface area contributed by atoms with Crippen LogP contribution >= 0.6 is 31.9 Å². The first-order chi connectivity index (χ1) is 8.68. The average molecular weight is 371 g/mol. The molecule has 0 unspecified atom stereocenters. The maximum absolute atomic E-state index is 11.7. The van der Waals surface area contributed by atoms with Gasteiger partial charge in [0.2, 0.25) is 0 Å². The number of pyridine rings is 1. The highest BCUT2D eigenvalue weighted by Gasteiger charge is 2.15. The molecule has 3 aromatic heterocycles. The number of H-pyrrole nitrogens is 1. The van der Waals surface area contributed by atoms with Crippen molar-refractivity contribution in [3.63, 3.8) is 0 Å².